The van der Waals surface area contributed by atoms with Crippen LogP contribution in [0.1, 0.15) is 30.0 Å². The van der Waals surface area contributed by atoms with Gasteiger partial charge in [0, 0.05) is 25.7 Å². The first-order chi connectivity index (χ1) is 16.2. The summed E-state index contributed by atoms with van der Waals surface area (Å²) >= 11 is 6.23. The Kier molecular flexibility index (Phi) is 6.51. The van der Waals surface area contributed by atoms with Gasteiger partial charge < -0.3 is 9.47 Å². The van der Waals surface area contributed by atoms with E-state index in [0.717, 1.165) is 43.8 Å². The molecule has 0 spiro atoms. The van der Waals surface area contributed by atoms with E-state index in [1.165, 1.54) is 5.56 Å². The molecule has 0 N–H and O–H groups in total. The maximum atomic E-state index is 12.5. The Balaban J connectivity index is 1.20. The summed E-state index contributed by atoms with van der Waals surface area (Å²) in [6.07, 6.45) is 1.69. The smallest absolute Gasteiger partial charge is 0.410 e. The number of carbonyl (C=O) groups excluding carboxylic acids is 1. The van der Waals surface area contributed by atoms with Gasteiger partial charge >= 0.3 is 6.09 Å². The summed E-state index contributed by atoms with van der Waals surface area (Å²) in [5.41, 5.74) is 2.34. The molecule has 2 heterocycles. The molecule has 3 aromatic carbocycles. The van der Waals surface area contributed by atoms with E-state index in [-0.39, 0.29) is 18.2 Å². The van der Waals surface area contributed by atoms with E-state index in [2.05, 4.69) is 29.2 Å². The number of benzene rings is 3. The highest BCUT2D eigenvalue weighted by atomic mass is 35.5. The number of likely N-dealkylation sites (tertiary alicyclic amines) is 1. The van der Waals surface area contributed by atoms with Crippen molar-refractivity contribution in [1.82, 2.24) is 9.80 Å². The SMILES string of the molecule is O=C1OC[C@@H](c2ccccc2)N1C1CCN(Cc2cccc(Oc3ccccc3Cl)c2)CC1. The molecule has 0 unspecified atom stereocenters. The maximum absolute atomic E-state index is 12.5. The van der Waals surface area contributed by atoms with E-state index in [1.807, 2.05) is 59.5 Å². The monoisotopic (exact) mass is 462 g/mol. The lowest BCUT2D eigenvalue weighted by Gasteiger charge is -2.38. The van der Waals surface area contributed by atoms with Gasteiger partial charge in [0.1, 0.15) is 18.1 Å². The molecule has 0 bridgehead atoms. The van der Waals surface area contributed by atoms with Crippen LogP contribution in [0.15, 0.2) is 78.9 Å². The van der Waals surface area contributed by atoms with Crippen LogP contribution < -0.4 is 4.74 Å². The number of amides is 1. The fraction of sp³-hybridized carbons (Fsp3) is 0.296. The zero-order valence-electron chi connectivity index (χ0n) is 18.4. The molecule has 33 heavy (non-hydrogen) atoms. The predicted octanol–water partition coefficient (Wildman–Crippen LogP) is 6.29. The van der Waals surface area contributed by atoms with Gasteiger partial charge in [-0.15, -0.1) is 0 Å². The topological polar surface area (TPSA) is 42.0 Å². The average Bonchev–Trinajstić information content (AvgIpc) is 3.23. The largest absolute Gasteiger partial charge is 0.456 e. The van der Waals surface area contributed by atoms with Crippen LogP contribution in [0.5, 0.6) is 11.5 Å². The van der Waals surface area contributed by atoms with Crippen LogP contribution in [0.2, 0.25) is 5.02 Å². The number of piperidine rings is 1. The van der Waals surface area contributed by atoms with Crippen molar-refractivity contribution < 1.29 is 14.3 Å². The molecule has 6 heteroatoms. The minimum Gasteiger partial charge on any atom is -0.456 e. The van der Waals surface area contributed by atoms with E-state index in [9.17, 15) is 4.79 Å². The van der Waals surface area contributed by atoms with E-state index in [1.54, 1.807) is 0 Å². The summed E-state index contributed by atoms with van der Waals surface area (Å²) in [6, 6.07) is 26.0. The average molecular weight is 463 g/mol. The minimum absolute atomic E-state index is 0.00823. The molecule has 2 fully saturated rings. The van der Waals surface area contributed by atoms with Gasteiger partial charge in [-0.05, 0) is 48.2 Å². The molecular formula is C27H27ClN2O3. The molecule has 3 aromatic rings. The second-order valence-electron chi connectivity index (χ2n) is 8.60. The predicted molar refractivity (Wildman–Crippen MR) is 129 cm³/mol. The Bertz CT molecular complexity index is 1100. The molecule has 1 atom stereocenters. The van der Waals surface area contributed by atoms with Crippen LogP contribution in [0, 0.1) is 0 Å². The molecule has 0 aliphatic carbocycles. The molecular weight excluding hydrogens is 436 g/mol. The van der Waals surface area contributed by atoms with Gasteiger partial charge in [-0.2, -0.15) is 0 Å². The van der Waals surface area contributed by atoms with Gasteiger partial charge in [-0.1, -0.05) is 66.2 Å². The number of carbonyl (C=O) groups is 1. The standard InChI is InChI=1S/C27H27ClN2O3/c28-24-11-4-5-12-26(24)33-23-10-6-7-20(17-23)18-29-15-13-22(14-16-29)30-25(19-32-27(30)31)21-8-2-1-3-9-21/h1-12,17,22,25H,13-16,18-19H2/t25-/m0/s1. The molecule has 2 aliphatic heterocycles. The Morgan fingerprint density at radius 2 is 1.70 bits per heavy atom. The fourth-order valence-corrected chi connectivity index (χ4v) is 4.92. The summed E-state index contributed by atoms with van der Waals surface area (Å²) in [6.45, 7) is 3.15. The third kappa shape index (κ3) is 5.00. The molecule has 5 nitrogen and oxygen atoms in total. The highest BCUT2D eigenvalue weighted by Gasteiger charge is 2.40. The number of halogens is 1. The first-order valence-electron chi connectivity index (χ1n) is 11.4. The van der Waals surface area contributed by atoms with E-state index >= 15 is 0 Å². The van der Waals surface area contributed by atoms with Crippen molar-refractivity contribution in [1.29, 1.82) is 0 Å². The lowest BCUT2D eigenvalue weighted by Crippen LogP contribution is -2.45. The Labute approximate surface area is 199 Å². The Hall–Kier alpha value is -3.02. The minimum atomic E-state index is -0.188. The van der Waals surface area contributed by atoms with Crippen molar-refractivity contribution in [3.8, 4) is 11.5 Å². The number of rotatable bonds is 6. The van der Waals surface area contributed by atoms with Crippen molar-refractivity contribution in [2.24, 2.45) is 0 Å². The highest BCUT2D eigenvalue weighted by Crippen LogP contribution is 2.34. The molecule has 0 saturated carbocycles. The van der Waals surface area contributed by atoms with Crippen molar-refractivity contribution in [3.63, 3.8) is 0 Å². The van der Waals surface area contributed by atoms with Crippen LogP contribution in [-0.2, 0) is 11.3 Å². The molecule has 0 aromatic heterocycles. The van der Waals surface area contributed by atoms with E-state index in [0.29, 0.717) is 17.4 Å². The molecule has 2 saturated heterocycles. The summed E-state index contributed by atoms with van der Waals surface area (Å²) in [7, 11) is 0. The number of para-hydroxylation sites is 1. The molecule has 170 valence electrons. The van der Waals surface area contributed by atoms with E-state index < -0.39 is 0 Å². The van der Waals surface area contributed by atoms with Crippen molar-refractivity contribution in [3.05, 3.63) is 95.0 Å². The van der Waals surface area contributed by atoms with Gasteiger partial charge in [0.25, 0.3) is 0 Å². The zero-order chi connectivity index (χ0) is 22.6. The van der Waals surface area contributed by atoms with Crippen LogP contribution >= 0.6 is 11.6 Å². The maximum Gasteiger partial charge on any atom is 0.410 e. The quantitative estimate of drug-likeness (QED) is 0.431. The Morgan fingerprint density at radius 1 is 0.939 bits per heavy atom. The number of nitrogens with zero attached hydrogens (tertiary/aromatic N) is 2. The van der Waals surface area contributed by atoms with E-state index in [4.69, 9.17) is 21.1 Å². The van der Waals surface area contributed by atoms with Gasteiger partial charge in [0.15, 0.2) is 0 Å². The van der Waals surface area contributed by atoms with Crippen LogP contribution in [0.25, 0.3) is 0 Å². The fourth-order valence-electron chi connectivity index (χ4n) is 4.74. The first-order valence-corrected chi connectivity index (χ1v) is 11.8. The van der Waals surface area contributed by atoms with Gasteiger partial charge in [0.05, 0.1) is 11.1 Å². The normalized spacial score (nSPS) is 19.5. The van der Waals surface area contributed by atoms with Crippen molar-refractivity contribution >= 4 is 17.7 Å². The second-order valence-corrected chi connectivity index (χ2v) is 9.01. The summed E-state index contributed by atoms with van der Waals surface area (Å²) < 4.78 is 11.4. The summed E-state index contributed by atoms with van der Waals surface area (Å²) in [4.78, 5) is 16.9. The zero-order valence-corrected chi connectivity index (χ0v) is 19.2. The summed E-state index contributed by atoms with van der Waals surface area (Å²) in [5.74, 6) is 1.43. The lowest BCUT2D eigenvalue weighted by atomic mass is 9.99. The van der Waals surface area contributed by atoms with Crippen molar-refractivity contribution in [2.75, 3.05) is 19.7 Å². The number of hydrogen-bond donors (Lipinski definition) is 0. The molecule has 2 aliphatic rings. The number of hydrogen-bond acceptors (Lipinski definition) is 4. The van der Waals surface area contributed by atoms with Crippen LogP contribution in [-0.4, -0.2) is 41.6 Å². The van der Waals surface area contributed by atoms with Crippen LogP contribution in [0.3, 0.4) is 0 Å². The number of cyclic esters (lactones) is 1. The lowest BCUT2D eigenvalue weighted by molar-refractivity contribution is 0.104. The summed E-state index contributed by atoms with van der Waals surface area (Å²) in [5, 5.41) is 0.597. The Morgan fingerprint density at radius 3 is 2.48 bits per heavy atom. The third-order valence-electron chi connectivity index (χ3n) is 6.42. The van der Waals surface area contributed by atoms with Gasteiger partial charge in [0.2, 0.25) is 0 Å². The third-order valence-corrected chi connectivity index (χ3v) is 6.73. The van der Waals surface area contributed by atoms with Gasteiger partial charge in [-0.25, -0.2) is 4.79 Å². The first kappa shape index (κ1) is 21.8. The highest BCUT2D eigenvalue weighted by molar-refractivity contribution is 6.32. The van der Waals surface area contributed by atoms with Crippen LogP contribution in [0.4, 0.5) is 4.79 Å². The van der Waals surface area contributed by atoms with Crippen molar-refractivity contribution in [2.45, 2.75) is 31.5 Å². The number of ether oxygens (including phenoxy) is 2. The molecule has 5 rings (SSSR count). The molecule has 1 amide bonds. The second kappa shape index (κ2) is 9.86. The van der Waals surface area contributed by atoms with Gasteiger partial charge in [-0.3, -0.25) is 9.80 Å². The molecule has 0 radical (unpaired) electrons.